The van der Waals surface area contributed by atoms with E-state index in [9.17, 15) is 4.79 Å². The molecule has 1 aromatic heterocycles. The molecule has 0 aliphatic carbocycles. The summed E-state index contributed by atoms with van der Waals surface area (Å²) in [7, 11) is 0. The number of carbonyl (C=O) groups excluding carboxylic acids is 1. The molecule has 0 fully saturated rings. The number of fused-ring (bicyclic) bond motifs is 1. The van der Waals surface area contributed by atoms with Gasteiger partial charge in [-0.3, -0.25) is 4.79 Å². The fourth-order valence-corrected chi connectivity index (χ4v) is 1.51. The van der Waals surface area contributed by atoms with Crippen molar-refractivity contribution in [3.8, 4) is 0 Å². The molecule has 0 saturated carbocycles. The van der Waals surface area contributed by atoms with Crippen molar-refractivity contribution in [3.05, 3.63) is 17.3 Å². The van der Waals surface area contributed by atoms with Crippen molar-refractivity contribution in [2.24, 2.45) is 5.41 Å². The van der Waals surface area contributed by atoms with Crippen LogP contribution in [-0.4, -0.2) is 17.4 Å². The lowest BCUT2D eigenvalue weighted by atomic mass is 9.93. The van der Waals surface area contributed by atoms with E-state index in [1.165, 1.54) is 0 Å². The van der Waals surface area contributed by atoms with Gasteiger partial charge in [0.25, 0.3) is 0 Å². The molecule has 1 amide bonds. The molecule has 0 radical (unpaired) electrons. The summed E-state index contributed by atoms with van der Waals surface area (Å²) in [6.07, 6.45) is 1.55. The first-order valence-electron chi connectivity index (χ1n) is 4.70. The molecule has 5 heteroatoms. The minimum atomic E-state index is -0.451. The zero-order chi connectivity index (χ0) is 11.1. The summed E-state index contributed by atoms with van der Waals surface area (Å²) in [5.41, 5.74) is 0.186. The third-order valence-corrected chi connectivity index (χ3v) is 2.62. The Bertz CT molecular complexity index is 417. The normalized spacial score (nSPS) is 18.5. The summed E-state index contributed by atoms with van der Waals surface area (Å²) in [6, 6.07) is 1.69. The third-order valence-electron chi connectivity index (χ3n) is 2.41. The average molecular weight is 226 g/mol. The van der Waals surface area contributed by atoms with E-state index >= 15 is 0 Å². The molecule has 2 rings (SSSR count). The monoisotopic (exact) mass is 225 g/mol. The molecule has 0 atom stereocenters. The molecular weight excluding hydrogens is 214 g/mol. The molecule has 0 bridgehead atoms. The van der Waals surface area contributed by atoms with Crippen LogP contribution in [-0.2, 0) is 4.79 Å². The number of aromatic nitrogens is 1. The topological polar surface area (TPSA) is 54.0 Å². The van der Waals surface area contributed by atoms with Crippen LogP contribution in [0.4, 0.5) is 11.5 Å². The lowest BCUT2D eigenvalue weighted by molar-refractivity contribution is -0.123. The smallest absolute Gasteiger partial charge is 0.231 e. The highest BCUT2D eigenvalue weighted by Crippen LogP contribution is 2.29. The van der Waals surface area contributed by atoms with Gasteiger partial charge in [0.1, 0.15) is 5.82 Å². The van der Waals surface area contributed by atoms with Crippen LogP contribution in [0.1, 0.15) is 13.8 Å². The molecule has 15 heavy (non-hydrogen) atoms. The standard InChI is InChI=1S/C10H12ClN3O/c1-10(2)5-13-8-7(14-9(10)15)3-6(11)4-12-8/h3-4H,5H2,1-2H3,(H,12,13)(H,14,15). The molecule has 1 aliphatic heterocycles. The van der Waals surface area contributed by atoms with Gasteiger partial charge in [-0.2, -0.15) is 0 Å². The largest absolute Gasteiger partial charge is 0.367 e. The molecule has 0 spiro atoms. The van der Waals surface area contributed by atoms with E-state index in [4.69, 9.17) is 11.6 Å². The van der Waals surface area contributed by atoms with E-state index < -0.39 is 5.41 Å². The molecule has 80 valence electrons. The Morgan fingerprint density at radius 2 is 2.27 bits per heavy atom. The summed E-state index contributed by atoms with van der Waals surface area (Å²) in [5, 5.41) is 6.43. The second-order valence-corrected chi connectivity index (χ2v) is 4.68. The van der Waals surface area contributed by atoms with Crippen molar-refractivity contribution >= 4 is 29.0 Å². The highest BCUT2D eigenvalue weighted by Gasteiger charge is 2.31. The maximum absolute atomic E-state index is 11.8. The zero-order valence-corrected chi connectivity index (χ0v) is 9.35. The van der Waals surface area contributed by atoms with Crippen molar-refractivity contribution in [3.63, 3.8) is 0 Å². The Balaban J connectivity index is 2.40. The fourth-order valence-electron chi connectivity index (χ4n) is 1.35. The second kappa shape index (κ2) is 3.38. The highest BCUT2D eigenvalue weighted by atomic mass is 35.5. The van der Waals surface area contributed by atoms with Crippen molar-refractivity contribution in [2.45, 2.75) is 13.8 Å². The van der Waals surface area contributed by atoms with E-state index in [0.29, 0.717) is 23.1 Å². The summed E-state index contributed by atoms with van der Waals surface area (Å²) >= 11 is 5.81. The molecular formula is C10H12ClN3O. The minimum Gasteiger partial charge on any atom is -0.367 e. The number of nitrogens with zero attached hydrogens (tertiary/aromatic N) is 1. The zero-order valence-electron chi connectivity index (χ0n) is 8.60. The van der Waals surface area contributed by atoms with Gasteiger partial charge >= 0.3 is 0 Å². The van der Waals surface area contributed by atoms with Crippen LogP contribution >= 0.6 is 11.6 Å². The second-order valence-electron chi connectivity index (χ2n) is 4.24. The maximum atomic E-state index is 11.8. The molecule has 2 N–H and O–H groups in total. The van der Waals surface area contributed by atoms with Gasteiger partial charge in [-0.25, -0.2) is 4.98 Å². The predicted molar refractivity (Wildman–Crippen MR) is 60.1 cm³/mol. The molecule has 2 heterocycles. The third kappa shape index (κ3) is 1.90. The Hall–Kier alpha value is -1.29. The van der Waals surface area contributed by atoms with Crippen LogP contribution < -0.4 is 10.6 Å². The van der Waals surface area contributed by atoms with E-state index in [1.54, 1.807) is 12.3 Å². The molecule has 0 aromatic carbocycles. The molecule has 0 unspecified atom stereocenters. The SMILES string of the molecule is CC1(C)CNc2ncc(Cl)cc2NC1=O. The molecule has 0 saturated heterocycles. The Kier molecular flexibility index (Phi) is 2.31. The Morgan fingerprint density at radius 1 is 1.53 bits per heavy atom. The molecule has 1 aromatic rings. The van der Waals surface area contributed by atoms with Gasteiger partial charge in [0.05, 0.1) is 16.1 Å². The first kappa shape index (κ1) is 10.2. The Morgan fingerprint density at radius 3 is 3.00 bits per heavy atom. The van der Waals surface area contributed by atoms with Gasteiger partial charge in [-0.1, -0.05) is 11.6 Å². The van der Waals surface area contributed by atoms with Crippen molar-refractivity contribution in [1.82, 2.24) is 4.98 Å². The van der Waals surface area contributed by atoms with Crippen LogP contribution in [0.3, 0.4) is 0 Å². The first-order chi connectivity index (χ1) is 6.99. The van der Waals surface area contributed by atoms with Crippen LogP contribution in [0.25, 0.3) is 0 Å². The number of pyridine rings is 1. The number of amides is 1. The van der Waals surface area contributed by atoms with E-state index in [0.717, 1.165) is 0 Å². The van der Waals surface area contributed by atoms with E-state index in [2.05, 4.69) is 15.6 Å². The summed E-state index contributed by atoms with van der Waals surface area (Å²) < 4.78 is 0. The maximum Gasteiger partial charge on any atom is 0.231 e. The van der Waals surface area contributed by atoms with Gasteiger partial charge in [0.15, 0.2) is 0 Å². The van der Waals surface area contributed by atoms with Crippen molar-refractivity contribution in [2.75, 3.05) is 17.2 Å². The minimum absolute atomic E-state index is 0.0298. The van der Waals surface area contributed by atoms with Crippen LogP contribution in [0.2, 0.25) is 5.02 Å². The number of anilines is 2. The summed E-state index contributed by atoms with van der Waals surface area (Å²) in [4.78, 5) is 15.9. The number of hydrogen-bond donors (Lipinski definition) is 2. The molecule has 4 nitrogen and oxygen atoms in total. The summed E-state index contributed by atoms with van der Waals surface area (Å²) in [5.74, 6) is 0.635. The van der Waals surface area contributed by atoms with E-state index in [-0.39, 0.29) is 5.91 Å². The Labute approximate surface area is 93.0 Å². The number of halogens is 1. The van der Waals surface area contributed by atoms with Crippen LogP contribution in [0.15, 0.2) is 12.3 Å². The van der Waals surface area contributed by atoms with E-state index in [1.807, 2.05) is 13.8 Å². The fraction of sp³-hybridized carbons (Fsp3) is 0.400. The van der Waals surface area contributed by atoms with Crippen LogP contribution in [0.5, 0.6) is 0 Å². The predicted octanol–water partition coefficient (Wildman–Crippen LogP) is 2.13. The van der Waals surface area contributed by atoms with Gasteiger partial charge in [-0.15, -0.1) is 0 Å². The summed E-state index contributed by atoms with van der Waals surface area (Å²) in [6.45, 7) is 4.31. The molecule has 1 aliphatic rings. The van der Waals surface area contributed by atoms with Crippen molar-refractivity contribution in [1.29, 1.82) is 0 Å². The number of rotatable bonds is 0. The average Bonchev–Trinajstić information content (AvgIpc) is 2.25. The van der Waals surface area contributed by atoms with Gasteiger partial charge < -0.3 is 10.6 Å². The van der Waals surface area contributed by atoms with Gasteiger partial charge in [0, 0.05) is 12.7 Å². The highest BCUT2D eigenvalue weighted by molar-refractivity contribution is 6.31. The number of nitrogens with one attached hydrogen (secondary N) is 2. The first-order valence-corrected chi connectivity index (χ1v) is 5.08. The quantitative estimate of drug-likeness (QED) is 0.711. The van der Waals surface area contributed by atoms with Crippen molar-refractivity contribution < 1.29 is 4.79 Å². The van der Waals surface area contributed by atoms with Crippen LogP contribution in [0, 0.1) is 5.41 Å². The van der Waals surface area contributed by atoms with Gasteiger partial charge in [-0.05, 0) is 19.9 Å². The number of carbonyl (C=O) groups is 1. The number of hydrogen-bond acceptors (Lipinski definition) is 3. The van der Waals surface area contributed by atoms with Gasteiger partial charge in [0.2, 0.25) is 5.91 Å². The lowest BCUT2D eigenvalue weighted by Gasteiger charge is -2.19. The lowest BCUT2D eigenvalue weighted by Crippen LogP contribution is -2.34.